The Morgan fingerprint density at radius 2 is 1.95 bits per heavy atom. The molecule has 0 aliphatic carbocycles. The zero-order valence-electron chi connectivity index (χ0n) is 11.6. The number of benzene rings is 2. The number of rotatable bonds is 4. The summed E-state index contributed by atoms with van der Waals surface area (Å²) < 4.78 is 13.7. The quantitative estimate of drug-likeness (QED) is 0.743. The molecular weight excluding hydrogens is 283 g/mol. The van der Waals surface area contributed by atoms with Gasteiger partial charge in [-0.25, -0.2) is 9.37 Å². The fraction of sp³-hybridized carbons (Fsp3) is 0.118. The predicted molar refractivity (Wildman–Crippen MR) is 86.0 cm³/mol. The number of halogens is 1. The second-order valence-electron chi connectivity index (χ2n) is 4.83. The summed E-state index contributed by atoms with van der Waals surface area (Å²) in [6, 6.07) is 15.2. The van der Waals surface area contributed by atoms with Crippen LogP contribution in [0.25, 0.3) is 11.3 Å². The summed E-state index contributed by atoms with van der Waals surface area (Å²) in [5.41, 5.74) is 3.49. The first-order valence-corrected chi connectivity index (χ1v) is 7.60. The number of aromatic nitrogens is 1. The average Bonchev–Trinajstić information content (AvgIpc) is 2.96. The maximum atomic E-state index is 13.7. The van der Waals surface area contributed by atoms with Gasteiger partial charge in [0.15, 0.2) is 0 Å². The third-order valence-electron chi connectivity index (χ3n) is 3.18. The Bertz CT molecular complexity index is 738. The zero-order valence-corrected chi connectivity index (χ0v) is 12.5. The lowest BCUT2D eigenvalue weighted by molar-refractivity contribution is 0.629. The van der Waals surface area contributed by atoms with Crippen LogP contribution in [0.2, 0.25) is 0 Å². The summed E-state index contributed by atoms with van der Waals surface area (Å²) in [4.78, 5) is 4.58. The highest BCUT2D eigenvalue weighted by molar-refractivity contribution is 7.09. The van der Waals surface area contributed by atoms with Gasteiger partial charge in [-0.3, -0.25) is 0 Å². The normalized spacial score (nSPS) is 10.6. The number of hydrogen-bond donors (Lipinski definition) is 1. The van der Waals surface area contributed by atoms with E-state index in [0.29, 0.717) is 12.2 Å². The number of aryl methyl sites for hydroxylation is 1. The van der Waals surface area contributed by atoms with Crippen molar-refractivity contribution in [3.8, 4) is 11.3 Å². The molecule has 1 heterocycles. The molecule has 0 amide bonds. The van der Waals surface area contributed by atoms with Gasteiger partial charge in [-0.15, -0.1) is 11.3 Å². The molecule has 0 bridgehead atoms. The molecule has 2 aromatic carbocycles. The van der Waals surface area contributed by atoms with Gasteiger partial charge in [0.2, 0.25) is 0 Å². The van der Waals surface area contributed by atoms with Gasteiger partial charge in [0.05, 0.1) is 17.9 Å². The molecule has 21 heavy (non-hydrogen) atoms. The van der Waals surface area contributed by atoms with E-state index in [0.717, 1.165) is 21.8 Å². The van der Waals surface area contributed by atoms with Crippen LogP contribution < -0.4 is 5.32 Å². The molecule has 0 spiro atoms. The Hall–Kier alpha value is -2.20. The van der Waals surface area contributed by atoms with Crippen molar-refractivity contribution in [2.24, 2.45) is 0 Å². The Kier molecular flexibility index (Phi) is 3.97. The molecule has 1 aromatic heterocycles. The fourth-order valence-corrected chi connectivity index (χ4v) is 2.81. The number of nitrogens with one attached hydrogen (secondary N) is 1. The molecule has 0 radical (unpaired) electrons. The monoisotopic (exact) mass is 298 g/mol. The van der Waals surface area contributed by atoms with E-state index in [1.165, 1.54) is 6.07 Å². The second kappa shape index (κ2) is 6.06. The molecule has 0 unspecified atom stereocenters. The maximum Gasteiger partial charge on any atom is 0.146 e. The Labute approximate surface area is 127 Å². The highest BCUT2D eigenvalue weighted by Gasteiger charge is 2.06. The molecular formula is C17H15FN2S. The lowest BCUT2D eigenvalue weighted by Crippen LogP contribution is -2.01. The summed E-state index contributed by atoms with van der Waals surface area (Å²) in [7, 11) is 0. The lowest BCUT2D eigenvalue weighted by atomic mass is 10.2. The number of anilines is 1. The van der Waals surface area contributed by atoms with Crippen molar-refractivity contribution in [1.29, 1.82) is 0 Å². The maximum absolute atomic E-state index is 13.7. The molecule has 3 rings (SSSR count). The molecule has 0 aliphatic heterocycles. The van der Waals surface area contributed by atoms with Gasteiger partial charge in [0.1, 0.15) is 10.8 Å². The number of thiazole rings is 1. The van der Waals surface area contributed by atoms with Crippen LogP contribution in [-0.4, -0.2) is 4.98 Å². The number of hydrogen-bond acceptors (Lipinski definition) is 3. The molecule has 0 aliphatic rings. The molecule has 0 saturated carbocycles. The van der Waals surface area contributed by atoms with Gasteiger partial charge in [0, 0.05) is 10.9 Å². The van der Waals surface area contributed by atoms with E-state index in [4.69, 9.17) is 0 Å². The first kappa shape index (κ1) is 13.8. The van der Waals surface area contributed by atoms with Crippen molar-refractivity contribution in [2.45, 2.75) is 13.5 Å². The minimum atomic E-state index is -0.227. The molecule has 1 N–H and O–H groups in total. The van der Waals surface area contributed by atoms with Crippen LogP contribution in [-0.2, 0) is 6.54 Å². The number of nitrogens with zero attached hydrogens (tertiary/aromatic N) is 1. The third kappa shape index (κ3) is 3.28. The first-order valence-electron chi connectivity index (χ1n) is 6.72. The van der Waals surface area contributed by atoms with Gasteiger partial charge >= 0.3 is 0 Å². The smallest absolute Gasteiger partial charge is 0.146 e. The van der Waals surface area contributed by atoms with Crippen molar-refractivity contribution < 1.29 is 4.39 Å². The van der Waals surface area contributed by atoms with E-state index in [2.05, 4.69) is 10.3 Å². The Morgan fingerprint density at radius 1 is 1.14 bits per heavy atom. The van der Waals surface area contributed by atoms with E-state index >= 15 is 0 Å². The second-order valence-corrected chi connectivity index (χ2v) is 5.77. The highest BCUT2D eigenvalue weighted by Crippen LogP contribution is 2.23. The van der Waals surface area contributed by atoms with E-state index in [1.54, 1.807) is 17.4 Å². The van der Waals surface area contributed by atoms with Crippen LogP contribution in [0.15, 0.2) is 53.9 Å². The largest absolute Gasteiger partial charge is 0.376 e. The van der Waals surface area contributed by atoms with Crippen LogP contribution >= 0.6 is 11.3 Å². The average molecular weight is 298 g/mol. The molecule has 2 nitrogen and oxygen atoms in total. The van der Waals surface area contributed by atoms with Crippen molar-refractivity contribution in [3.63, 3.8) is 0 Å². The summed E-state index contributed by atoms with van der Waals surface area (Å²) in [5.74, 6) is -0.227. The zero-order chi connectivity index (χ0) is 14.7. The highest BCUT2D eigenvalue weighted by atomic mass is 32.1. The van der Waals surface area contributed by atoms with Crippen molar-refractivity contribution in [1.82, 2.24) is 4.98 Å². The third-order valence-corrected chi connectivity index (χ3v) is 4.02. The van der Waals surface area contributed by atoms with Gasteiger partial charge in [-0.2, -0.15) is 0 Å². The summed E-state index contributed by atoms with van der Waals surface area (Å²) in [6.07, 6.45) is 0. The summed E-state index contributed by atoms with van der Waals surface area (Å²) in [5, 5.41) is 6.06. The Balaban J connectivity index is 1.70. The minimum Gasteiger partial charge on any atom is -0.376 e. The molecule has 106 valence electrons. The van der Waals surface area contributed by atoms with Crippen LogP contribution in [0.3, 0.4) is 0 Å². The van der Waals surface area contributed by atoms with Gasteiger partial charge in [-0.1, -0.05) is 36.4 Å². The van der Waals surface area contributed by atoms with Crippen LogP contribution in [0.1, 0.15) is 10.6 Å². The van der Waals surface area contributed by atoms with E-state index < -0.39 is 0 Å². The molecule has 4 heteroatoms. The summed E-state index contributed by atoms with van der Waals surface area (Å²) >= 11 is 1.58. The SMILES string of the molecule is Cc1ccc(NCc2nc(-c3ccccc3)cs2)c(F)c1. The lowest BCUT2D eigenvalue weighted by Gasteiger charge is -2.06. The summed E-state index contributed by atoms with van der Waals surface area (Å²) in [6.45, 7) is 2.40. The first-order chi connectivity index (χ1) is 10.2. The van der Waals surface area contributed by atoms with Crippen molar-refractivity contribution in [2.75, 3.05) is 5.32 Å². The van der Waals surface area contributed by atoms with E-state index in [1.807, 2.05) is 48.7 Å². The van der Waals surface area contributed by atoms with E-state index in [9.17, 15) is 4.39 Å². The topological polar surface area (TPSA) is 24.9 Å². The fourth-order valence-electron chi connectivity index (χ4n) is 2.07. The molecule has 0 fully saturated rings. The van der Waals surface area contributed by atoms with Crippen LogP contribution in [0, 0.1) is 12.7 Å². The predicted octanol–water partition coefficient (Wildman–Crippen LogP) is 4.87. The van der Waals surface area contributed by atoms with Crippen molar-refractivity contribution in [3.05, 3.63) is 70.3 Å². The molecule has 0 atom stereocenters. The van der Waals surface area contributed by atoms with Crippen molar-refractivity contribution >= 4 is 17.0 Å². The Morgan fingerprint density at radius 3 is 2.71 bits per heavy atom. The molecule has 0 saturated heterocycles. The van der Waals surface area contributed by atoms with Gasteiger partial charge in [-0.05, 0) is 24.6 Å². The van der Waals surface area contributed by atoms with E-state index in [-0.39, 0.29) is 5.82 Å². The standard InChI is InChI=1S/C17H15FN2S/c1-12-7-8-15(14(18)9-12)19-10-17-20-16(11-21-17)13-5-3-2-4-6-13/h2-9,11,19H,10H2,1H3. The van der Waals surface area contributed by atoms with Gasteiger partial charge in [0.25, 0.3) is 0 Å². The minimum absolute atomic E-state index is 0.227. The van der Waals surface area contributed by atoms with Crippen LogP contribution in [0.4, 0.5) is 10.1 Å². The molecule has 3 aromatic rings. The van der Waals surface area contributed by atoms with Crippen LogP contribution in [0.5, 0.6) is 0 Å². The van der Waals surface area contributed by atoms with Gasteiger partial charge < -0.3 is 5.32 Å².